The minimum absolute atomic E-state index is 0.0845. The van der Waals surface area contributed by atoms with Gasteiger partial charge in [0.15, 0.2) is 0 Å². The van der Waals surface area contributed by atoms with Gasteiger partial charge in [-0.1, -0.05) is 48.5 Å². The van der Waals surface area contributed by atoms with Crippen molar-refractivity contribution in [3.05, 3.63) is 96.3 Å². The van der Waals surface area contributed by atoms with Gasteiger partial charge in [-0.2, -0.15) is 0 Å². The zero-order valence-corrected chi connectivity index (χ0v) is 16.4. The lowest BCUT2D eigenvalue weighted by Gasteiger charge is -2.17. The molecule has 1 aliphatic carbocycles. The maximum absolute atomic E-state index is 13.1. The number of nitrogens with one attached hydrogen (secondary N) is 1. The second kappa shape index (κ2) is 6.85. The number of nitrogens with zero attached hydrogens (tertiary/aromatic N) is 1. The molecule has 142 valence electrons. The van der Waals surface area contributed by atoms with Crippen LogP contribution in [-0.4, -0.2) is 10.9 Å². The fourth-order valence-corrected chi connectivity index (χ4v) is 4.04. The normalized spacial score (nSPS) is 14.5. The van der Waals surface area contributed by atoms with Gasteiger partial charge in [0.05, 0.1) is 5.41 Å². The highest BCUT2D eigenvalue weighted by Gasteiger charge is 2.51. The van der Waals surface area contributed by atoms with E-state index in [0.717, 1.165) is 40.6 Å². The highest BCUT2D eigenvalue weighted by Crippen LogP contribution is 2.49. The van der Waals surface area contributed by atoms with Crippen LogP contribution in [0.5, 0.6) is 0 Å². The first kappa shape index (κ1) is 17.6. The molecule has 1 aromatic heterocycles. The maximum atomic E-state index is 13.1. The number of hydrogen-bond acceptors (Lipinski definition) is 2. The number of benzene rings is 3. The van der Waals surface area contributed by atoms with Crippen LogP contribution in [0.2, 0.25) is 0 Å². The molecule has 1 fully saturated rings. The minimum atomic E-state index is -0.374. The van der Waals surface area contributed by atoms with Crippen molar-refractivity contribution in [1.82, 2.24) is 4.98 Å². The molecular weight excluding hydrogens is 356 g/mol. The molecule has 3 heteroatoms. The molecular formula is C26H22N2O. The molecule has 0 aliphatic heterocycles. The molecule has 0 spiro atoms. The Hall–Kier alpha value is -3.46. The van der Waals surface area contributed by atoms with E-state index < -0.39 is 0 Å². The third kappa shape index (κ3) is 3.19. The molecule has 1 saturated carbocycles. The van der Waals surface area contributed by atoms with E-state index in [-0.39, 0.29) is 11.3 Å². The maximum Gasteiger partial charge on any atom is 0.235 e. The molecule has 0 bridgehead atoms. The summed E-state index contributed by atoms with van der Waals surface area (Å²) in [7, 11) is 0. The predicted molar refractivity (Wildman–Crippen MR) is 118 cm³/mol. The van der Waals surface area contributed by atoms with E-state index in [0.29, 0.717) is 0 Å². The number of hydrogen-bond donors (Lipinski definition) is 1. The van der Waals surface area contributed by atoms with Crippen molar-refractivity contribution in [3.8, 4) is 11.1 Å². The van der Waals surface area contributed by atoms with Crippen LogP contribution in [0, 0.1) is 6.92 Å². The molecule has 1 N–H and O–H groups in total. The molecule has 0 radical (unpaired) electrons. The van der Waals surface area contributed by atoms with Gasteiger partial charge in [0, 0.05) is 23.5 Å². The van der Waals surface area contributed by atoms with Gasteiger partial charge in [-0.25, -0.2) is 0 Å². The van der Waals surface area contributed by atoms with Crippen molar-refractivity contribution in [3.63, 3.8) is 0 Å². The number of aromatic nitrogens is 1. The van der Waals surface area contributed by atoms with Crippen molar-refractivity contribution in [2.45, 2.75) is 25.2 Å². The van der Waals surface area contributed by atoms with Crippen LogP contribution in [0.4, 0.5) is 5.69 Å². The smallest absolute Gasteiger partial charge is 0.235 e. The van der Waals surface area contributed by atoms with Crippen LogP contribution in [0.15, 0.2) is 85.2 Å². The van der Waals surface area contributed by atoms with Gasteiger partial charge >= 0.3 is 0 Å². The second-order valence-corrected chi connectivity index (χ2v) is 7.87. The van der Waals surface area contributed by atoms with Gasteiger partial charge in [0.1, 0.15) is 0 Å². The lowest BCUT2D eigenvalue weighted by Crippen LogP contribution is -2.27. The fraction of sp³-hybridized carbons (Fsp3) is 0.154. The van der Waals surface area contributed by atoms with Gasteiger partial charge in [-0.05, 0) is 71.7 Å². The number of pyridine rings is 1. The number of fused-ring (bicyclic) bond motifs is 1. The van der Waals surface area contributed by atoms with Gasteiger partial charge < -0.3 is 5.32 Å². The highest BCUT2D eigenvalue weighted by atomic mass is 16.2. The zero-order chi connectivity index (χ0) is 19.8. The number of rotatable bonds is 4. The molecule has 3 aromatic carbocycles. The van der Waals surface area contributed by atoms with Gasteiger partial charge in [0.2, 0.25) is 5.91 Å². The van der Waals surface area contributed by atoms with E-state index >= 15 is 0 Å². The molecule has 1 aliphatic rings. The van der Waals surface area contributed by atoms with Crippen molar-refractivity contribution in [2.24, 2.45) is 0 Å². The van der Waals surface area contributed by atoms with Gasteiger partial charge in [-0.3, -0.25) is 9.78 Å². The van der Waals surface area contributed by atoms with Gasteiger partial charge in [0.25, 0.3) is 0 Å². The van der Waals surface area contributed by atoms with Crippen molar-refractivity contribution in [1.29, 1.82) is 0 Å². The highest BCUT2D eigenvalue weighted by molar-refractivity contribution is 6.02. The Kier molecular flexibility index (Phi) is 4.17. The summed E-state index contributed by atoms with van der Waals surface area (Å²) in [6.07, 6.45) is 5.50. The van der Waals surface area contributed by atoms with Crippen molar-refractivity contribution < 1.29 is 4.79 Å². The number of anilines is 1. The summed E-state index contributed by atoms with van der Waals surface area (Å²) < 4.78 is 0. The zero-order valence-electron chi connectivity index (χ0n) is 16.4. The van der Waals surface area contributed by atoms with Crippen LogP contribution in [0.25, 0.3) is 21.9 Å². The van der Waals surface area contributed by atoms with E-state index in [9.17, 15) is 4.79 Å². The molecule has 0 atom stereocenters. The van der Waals surface area contributed by atoms with Gasteiger partial charge in [-0.15, -0.1) is 0 Å². The van der Waals surface area contributed by atoms with E-state index in [1.54, 1.807) is 0 Å². The third-order valence-electron chi connectivity index (χ3n) is 5.96. The topological polar surface area (TPSA) is 42.0 Å². The van der Waals surface area contributed by atoms with E-state index in [1.807, 2.05) is 42.7 Å². The second-order valence-electron chi connectivity index (χ2n) is 7.87. The third-order valence-corrected chi connectivity index (χ3v) is 5.96. The Morgan fingerprint density at radius 1 is 0.931 bits per heavy atom. The summed E-state index contributed by atoms with van der Waals surface area (Å²) in [5.74, 6) is 0.0845. The lowest BCUT2D eigenvalue weighted by molar-refractivity contribution is -0.118. The number of carbonyl (C=O) groups excluding carboxylic acids is 1. The Bertz CT molecular complexity index is 1210. The standard InChI is InChI=1S/C26H22N2O/c1-18-7-10-23(28-25(29)26(12-13-26)22-5-3-2-4-6-22)16-24(18)20-9-8-19-11-14-27-17-21(19)15-20/h2-11,14-17H,12-13H2,1H3,(H,28,29). The van der Waals surface area contributed by atoms with Crippen molar-refractivity contribution >= 4 is 22.4 Å². The predicted octanol–water partition coefficient (Wildman–Crippen LogP) is 5.88. The SMILES string of the molecule is Cc1ccc(NC(=O)C2(c3ccccc3)CC2)cc1-c1ccc2ccncc2c1. The summed E-state index contributed by atoms with van der Waals surface area (Å²) >= 11 is 0. The minimum Gasteiger partial charge on any atom is -0.325 e. The monoisotopic (exact) mass is 378 g/mol. The average molecular weight is 378 g/mol. The van der Waals surface area contributed by atoms with Crippen LogP contribution in [-0.2, 0) is 10.2 Å². The molecule has 3 nitrogen and oxygen atoms in total. The summed E-state index contributed by atoms with van der Waals surface area (Å²) in [5, 5.41) is 5.45. The van der Waals surface area contributed by atoms with Crippen molar-refractivity contribution in [2.75, 3.05) is 5.32 Å². The average Bonchev–Trinajstić information content (AvgIpc) is 3.58. The molecule has 1 heterocycles. The summed E-state index contributed by atoms with van der Waals surface area (Å²) in [4.78, 5) is 17.3. The molecule has 29 heavy (non-hydrogen) atoms. The van der Waals surface area contributed by atoms with Crippen LogP contribution in [0.1, 0.15) is 24.0 Å². The quantitative estimate of drug-likeness (QED) is 0.482. The number of amides is 1. The van der Waals surface area contributed by atoms with Crippen LogP contribution in [0.3, 0.4) is 0 Å². The first-order valence-electron chi connectivity index (χ1n) is 9.98. The number of carbonyl (C=O) groups is 1. The molecule has 0 saturated heterocycles. The first-order valence-corrected chi connectivity index (χ1v) is 9.98. The van der Waals surface area contributed by atoms with E-state index in [2.05, 4.69) is 59.7 Å². The Labute approximate surface area is 170 Å². The van der Waals surface area contributed by atoms with E-state index in [1.165, 1.54) is 10.9 Å². The Morgan fingerprint density at radius 3 is 2.55 bits per heavy atom. The Morgan fingerprint density at radius 2 is 1.76 bits per heavy atom. The lowest BCUT2D eigenvalue weighted by atomic mass is 9.94. The molecule has 5 rings (SSSR count). The molecule has 1 amide bonds. The number of aryl methyl sites for hydroxylation is 1. The summed E-state index contributed by atoms with van der Waals surface area (Å²) in [6.45, 7) is 2.10. The van der Waals surface area contributed by atoms with E-state index in [4.69, 9.17) is 0 Å². The first-order chi connectivity index (χ1) is 14.2. The Balaban J connectivity index is 1.46. The largest absolute Gasteiger partial charge is 0.325 e. The van der Waals surface area contributed by atoms with Crippen LogP contribution >= 0.6 is 0 Å². The summed E-state index contributed by atoms with van der Waals surface area (Å²) in [6, 6.07) is 24.6. The summed E-state index contributed by atoms with van der Waals surface area (Å²) in [5.41, 5.74) is 4.99. The molecule has 0 unspecified atom stereocenters. The molecule has 4 aromatic rings. The van der Waals surface area contributed by atoms with Crippen LogP contribution < -0.4 is 5.32 Å². The fourth-order valence-electron chi connectivity index (χ4n) is 4.04.